The van der Waals surface area contributed by atoms with Gasteiger partial charge in [0, 0.05) is 0 Å². The number of nitrogens with zero attached hydrogens (tertiary/aromatic N) is 1. The fraction of sp³-hybridized carbons (Fsp3) is 0.188. The number of aromatic nitrogens is 1. The second-order valence-electron chi connectivity index (χ2n) is 4.67. The third kappa shape index (κ3) is 3.95. The molecular formula is C16H14N2O3S3. The highest BCUT2D eigenvalue weighted by molar-refractivity contribution is 8.01. The molecule has 5 nitrogen and oxygen atoms in total. The molecule has 8 heteroatoms. The molecule has 0 fully saturated rings. The monoisotopic (exact) mass is 378 g/mol. The predicted molar refractivity (Wildman–Crippen MR) is 99.2 cm³/mol. The van der Waals surface area contributed by atoms with Gasteiger partial charge in [-0.2, -0.15) is 0 Å². The summed E-state index contributed by atoms with van der Waals surface area (Å²) < 4.78 is 6.92. The van der Waals surface area contributed by atoms with Crippen molar-refractivity contribution in [2.75, 3.05) is 17.7 Å². The van der Waals surface area contributed by atoms with Gasteiger partial charge in [-0.05, 0) is 30.5 Å². The summed E-state index contributed by atoms with van der Waals surface area (Å²) in [5.74, 6) is -0.361. The van der Waals surface area contributed by atoms with Crippen molar-refractivity contribution in [3.63, 3.8) is 0 Å². The number of thiophene rings is 1. The van der Waals surface area contributed by atoms with Crippen LogP contribution in [0.3, 0.4) is 0 Å². The molecule has 2 aromatic heterocycles. The van der Waals surface area contributed by atoms with Crippen molar-refractivity contribution in [1.29, 1.82) is 0 Å². The Kier molecular flexibility index (Phi) is 5.49. The van der Waals surface area contributed by atoms with E-state index in [0.717, 1.165) is 14.6 Å². The first kappa shape index (κ1) is 16.9. The molecule has 1 aromatic carbocycles. The lowest BCUT2D eigenvalue weighted by Crippen LogP contribution is -2.15. The summed E-state index contributed by atoms with van der Waals surface area (Å²) in [6, 6.07) is 9.52. The van der Waals surface area contributed by atoms with Gasteiger partial charge in [-0.15, -0.1) is 22.7 Å². The molecule has 1 N–H and O–H groups in total. The molecule has 0 aliphatic heterocycles. The third-order valence-corrected chi connectivity index (χ3v) is 6.02. The minimum absolute atomic E-state index is 0.174. The van der Waals surface area contributed by atoms with Gasteiger partial charge in [0.15, 0.2) is 4.34 Å². The van der Waals surface area contributed by atoms with Crippen LogP contribution in [-0.4, -0.2) is 29.2 Å². The zero-order chi connectivity index (χ0) is 16.9. The first-order valence-electron chi connectivity index (χ1n) is 7.20. The van der Waals surface area contributed by atoms with E-state index in [0.29, 0.717) is 17.2 Å². The van der Waals surface area contributed by atoms with Gasteiger partial charge in [0.05, 0.1) is 28.1 Å². The van der Waals surface area contributed by atoms with E-state index in [1.54, 1.807) is 29.7 Å². The second-order valence-corrected chi connectivity index (χ2v) is 7.84. The molecule has 124 valence electrons. The molecule has 0 aliphatic rings. The molecular weight excluding hydrogens is 364 g/mol. The maximum absolute atomic E-state index is 12.1. The Morgan fingerprint density at radius 1 is 1.29 bits per heavy atom. The standard InChI is InChI=1S/C16H14N2O3S3/c1-2-21-15(20)10-7-8-22-14(10)18-13(19)9-23-16-17-11-5-3-4-6-12(11)24-16/h3-8H,2,9H2,1H3,(H,18,19). The Bertz CT molecular complexity index is 839. The lowest BCUT2D eigenvalue weighted by molar-refractivity contribution is -0.113. The van der Waals surface area contributed by atoms with E-state index >= 15 is 0 Å². The number of hydrogen-bond acceptors (Lipinski definition) is 7. The minimum atomic E-state index is -0.423. The van der Waals surface area contributed by atoms with Gasteiger partial charge in [0.25, 0.3) is 0 Å². The Morgan fingerprint density at radius 3 is 2.92 bits per heavy atom. The van der Waals surface area contributed by atoms with Gasteiger partial charge >= 0.3 is 5.97 Å². The summed E-state index contributed by atoms with van der Waals surface area (Å²) >= 11 is 4.25. The van der Waals surface area contributed by atoms with E-state index in [9.17, 15) is 9.59 Å². The topological polar surface area (TPSA) is 68.3 Å². The quantitative estimate of drug-likeness (QED) is 0.513. The molecule has 0 unspecified atom stereocenters. The molecule has 0 atom stereocenters. The maximum atomic E-state index is 12.1. The number of carbonyl (C=O) groups excluding carboxylic acids is 2. The van der Waals surface area contributed by atoms with Crippen molar-refractivity contribution in [2.24, 2.45) is 0 Å². The Hall–Kier alpha value is -1.90. The third-order valence-electron chi connectivity index (χ3n) is 3.01. The zero-order valence-corrected chi connectivity index (χ0v) is 15.2. The van der Waals surface area contributed by atoms with E-state index < -0.39 is 5.97 Å². The van der Waals surface area contributed by atoms with Crippen LogP contribution in [0, 0.1) is 0 Å². The van der Waals surface area contributed by atoms with E-state index in [4.69, 9.17) is 4.74 Å². The highest BCUT2D eigenvalue weighted by atomic mass is 32.2. The van der Waals surface area contributed by atoms with Gasteiger partial charge in [-0.1, -0.05) is 23.9 Å². The van der Waals surface area contributed by atoms with E-state index in [2.05, 4.69) is 10.3 Å². The number of fused-ring (bicyclic) bond motifs is 1. The van der Waals surface area contributed by atoms with Crippen molar-refractivity contribution < 1.29 is 14.3 Å². The summed E-state index contributed by atoms with van der Waals surface area (Å²) in [5.41, 5.74) is 1.33. The largest absolute Gasteiger partial charge is 0.462 e. The number of esters is 1. The number of nitrogens with one attached hydrogen (secondary N) is 1. The number of amides is 1. The summed E-state index contributed by atoms with van der Waals surface area (Å²) in [7, 11) is 0. The zero-order valence-electron chi connectivity index (χ0n) is 12.8. The van der Waals surface area contributed by atoms with Crippen molar-refractivity contribution in [3.05, 3.63) is 41.3 Å². The van der Waals surface area contributed by atoms with Gasteiger partial charge in [0.2, 0.25) is 5.91 Å². The number of anilines is 1. The first-order chi connectivity index (χ1) is 11.7. The SMILES string of the molecule is CCOC(=O)c1ccsc1NC(=O)CSc1nc2ccccc2s1. The first-order valence-corrected chi connectivity index (χ1v) is 9.88. The van der Waals surface area contributed by atoms with Crippen LogP contribution < -0.4 is 5.32 Å². The summed E-state index contributed by atoms with van der Waals surface area (Å²) in [6.07, 6.45) is 0. The molecule has 0 spiro atoms. The molecule has 24 heavy (non-hydrogen) atoms. The smallest absolute Gasteiger partial charge is 0.341 e. The van der Waals surface area contributed by atoms with Crippen LogP contribution >= 0.6 is 34.4 Å². The van der Waals surface area contributed by atoms with Crippen molar-refractivity contribution >= 4 is 61.5 Å². The number of para-hydroxylation sites is 1. The molecule has 0 bridgehead atoms. The van der Waals surface area contributed by atoms with Crippen LogP contribution in [0.4, 0.5) is 5.00 Å². The van der Waals surface area contributed by atoms with Crippen LogP contribution in [0.15, 0.2) is 40.1 Å². The van der Waals surface area contributed by atoms with E-state index in [1.807, 2.05) is 24.3 Å². The van der Waals surface area contributed by atoms with Crippen molar-refractivity contribution in [1.82, 2.24) is 4.98 Å². The summed E-state index contributed by atoms with van der Waals surface area (Å²) in [5, 5.41) is 5.04. The van der Waals surface area contributed by atoms with Gasteiger partial charge < -0.3 is 10.1 Å². The normalized spacial score (nSPS) is 10.7. The van der Waals surface area contributed by atoms with Gasteiger partial charge in [0.1, 0.15) is 5.00 Å². The summed E-state index contributed by atoms with van der Waals surface area (Å²) in [6.45, 7) is 2.05. The lowest BCUT2D eigenvalue weighted by Gasteiger charge is -2.05. The number of ether oxygens (including phenoxy) is 1. The van der Waals surface area contributed by atoms with Gasteiger partial charge in [-0.25, -0.2) is 9.78 Å². The molecule has 1 amide bonds. The average molecular weight is 379 g/mol. The highest BCUT2D eigenvalue weighted by Gasteiger charge is 2.16. The number of hydrogen-bond donors (Lipinski definition) is 1. The number of carbonyl (C=O) groups is 2. The molecule has 2 heterocycles. The second kappa shape index (κ2) is 7.78. The van der Waals surface area contributed by atoms with E-state index in [-0.39, 0.29) is 11.7 Å². The molecule has 0 saturated heterocycles. The van der Waals surface area contributed by atoms with Crippen molar-refractivity contribution in [2.45, 2.75) is 11.3 Å². The van der Waals surface area contributed by atoms with Crippen LogP contribution in [0.1, 0.15) is 17.3 Å². The number of benzene rings is 1. The molecule has 3 aromatic rings. The van der Waals surface area contributed by atoms with Crippen LogP contribution in [0.25, 0.3) is 10.2 Å². The fourth-order valence-electron chi connectivity index (χ4n) is 1.98. The lowest BCUT2D eigenvalue weighted by atomic mass is 10.3. The Balaban J connectivity index is 1.60. The highest BCUT2D eigenvalue weighted by Crippen LogP contribution is 2.30. The predicted octanol–water partition coefficient (Wildman–Crippen LogP) is 4.27. The average Bonchev–Trinajstić information content (AvgIpc) is 3.19. The van der Waals surface area contributed by atoms with Crippen LogP contribution in [-0.2, 0) is 9.53 Å². The molecule has 0 saturated carbocycles. The molecule has 3 rings (SSSR count). The Morgan fingerprint density at radius 2 is 2.12 bits per heavy atom. The minimum Gasteiger partial charge on any atom is -0.462 e. The summed E-state index contributed by atoms with van der Waals surface area (Å²) in [4.78, 5) is 28.4. The van der Waals surface area contributed by atoms with Crippen molar-refractivity contribution in [3.8, 4) is 0 Å². The maximum Gasteiger partial charge on any atom is 0.341 e. The Labute approximate surface area is 151 Å². The van der Waals surface area contributed by atoms with Crippen LogP contribution in [0.2, 0.25) is 0 Å². The number of thiazole rings is 1. The number of thioether (sulfide) groups is 1. The molecule has 0 aliphatic carbocycles. The number of rotatable bonds is 6. The van der Waals surface area contributed by atoms with Crippen LogP contribution in [0.5, 0.6) is 0 Å². The van der Waals surface area contributed by atoms with E-state index in [1.165, 1.54) is 23.1 Å². The fourth-order valence-corrected chi connectivity index (χ4v) is 4.64. The molecule has 0 radical (unpaired) electrons. The van der Waals surface area contributed by atoms with Gasteiger partial charge in [-0.3, -0.25) is 4.79 Å².